The minimum Gasteiger partial charge on any atom is -0.475 e. The zero-order chi connectivity index (χ0) is 15.3. The van der Waals surface area contributed by atoms with Gasteiger partial charge in [0.25, 0.3) is 0 Å². The highest BCUT2D eigenvalue weighted by Crippen LogP contribution is 2.35. The number of hydrogen-bond donors (Lipinski definition) is 1. The van der Waals surface area contributed by atoms with Crippen molar-refractivity contribution in [1.29, 1.82) is 0 Å². The van der Waals surface area contributed by atoms with Crippen molar-refractivity contribution in [3.63, 3.8) is 0 Å². The van der Waals surface area contributed by atoms with Crippen molar-refractivity contribution in [2.75, 3.05) is 0 Å². The molecule has 0 amide bonds. The molecule has 0 fully saturated rings. The first-order valence-corrected chi connectivity index (χ1v) is 6.60. The lowest BCUT2D eigenvalue weighted by atomic mass is 9.98. The highest BCUT2D eigenvalue weighted by atomic mass is 16.5. The number of fused-ring (bicyclic) bond motifs is 1. The maximum atomic E-state index is 11.2. The molecule has 3 rings (SSSR count). The number of aryl methyl sites for hydroxylation is 4. The zero-order valence-corrected chi connectivity index (χ0v) is 12.3. The molecule has 0 aliphatic heterocycles. The van der Waals surface area contributed by atoms with E-state index in [9.17, 15) is 9.90 Å². The highest BCUT2D eigenvalue weighted by molar-refractivity contribution is 5.97. The summed E-state index contributed by atoms with van der Waals surface area (Å²) < 4.78 is 10.7. The molecule has 0 saturated heterocycles. The molecule has 1 aromatic carbocycles. The number of carboxylic acids is 1. The van der Waals surface area contributed by atoms with Gasteiger partial charge in [0.1, 0.15) is 11.3 Å². The van der Waals surface area contributed by atoms with E-state index in [-0.39, 0.29) is 5.76 Å². The number of aromatic carboxylic acids is 1. The Kier molecular flexibility index (Phi) is 2.86. The number of hydrogen-bond acceptors (Lipinski definition) is 4. The van der Waals surface area contributed by atoms with Gasteiger partial charge in [-0.1, -0.05) is 5.16 Å². The first kappa shape index (κ1) is 13.4. The van der Waals surface area contributed by atoms with Crippen molar-refractivity contribution in [2.45, 2.75) is 27.7 Å². The lowest BCUT2D eigenvalue weighted by Crippen LogP contribution is -1.95. The number of benzene rings is 1. The normalized spacial score (nSPS) is 11.2. The van der Waals surface area contributed by atoms with Crippen LogP contribution < -0.4 is 0 Å². The molecule has 0 unspecified atom stereocenters. The van der Waals surface area contributed by atoms with Crippen LogP contribution in [0.25, 0.3) is 22.1 Å². The molecular formula is C16H15NO4. The van der Waals surface area contributed by atoms with Gasteiger partial charge in [0, 0.05) is 16.5 Å². The molecule has 0 atom stereocenters. The Morgan fingerprint density at radius 3 is 2.48 bits per heavy atom. The van der Waals surface area contributed by atoms with E-state index in [1.54, 1.807) is 6.92 Å². The van der Waals surface area contributed by atoms with Crippen LogP contribution in [0.4, 0.5) is 0 Å². The van der Waals surface area contributed by atoms with Crippen molar-refractivity contribution < 1.29 is 18.8 Å². The van der Waals surface area contributed by atoms with Crippen LogP contribution in [0.3, 0.4) is 0 Å². The summed E-state index contributed by atoms with van der Waals surface area (Å²) in [6.45, 7) is 7.40. The highest BCUT2D eigenvalue weighted by Gasteiger charge is 2.20. The molecule has 0 saturated carbocycles. The van der Waals surface area contributed by atoms with Gasteiger partial charge in [0.2, 0.25) is 5.76 Å². The molecular weight excluding hydrogens is 270 g/mol. The molecule has 2 heterocycles. The maximum Gasteiger partial charge on any atom is 0.372 e. The Labute approximate surface area is 121 Å². The summed E-state index contributed by atoms with van der Waals surface area (Å²) in [6.07, 6.45) is 0. The molecule has 5 nitrogen and oxygen atoms in total. The van der Waals surface area contributed by atoms with Crippen molar-refractivity contribution in [2.24, 2.45) is 0 Å². The number of furan rings is 1. The topological polar surface area (TPSA) is 76.5 Å². The minimum atomic E-state index is -1.05. The summed E-state index contributed by atoms with van der Waals surface area (Å²) in [7, 11) is 0. The standard InChI is InChI=1S/C16H15NO4/c1-7-5-11(13-9(3)17-21-10(13)4)6-12-8(2)15(16(18)19)20-14(7)12/h5-6H,1-4H3,(H,18,19). The lowest BCUT2D eigenvalue weighted by Gasteiger charge is -2.03. The van der Waals surface area contributed by atoms with Crippen LogP contribution in [0, 0.1) is 27.7 Å². The Balaban J connectivity index is 2.33. The fraction of sp³-hybridized carbons (Fsp3) is 0.250. The first-order valence-electron chi connectivity index (χ1n) is 6.60. The summed E-state index contributed by atoms with van der Waals surface area (Å²) in [4.78, 5) is 11.2. The van der Waals surface area contributed by atoms with Gasteiger partial charge in [-0.15, -0.1) is 0 Å². The predicted molar refractivity (Wildman–Crippen MR) is 77.6 cm³/mol. The van der Waals surface area contributed by atoms with Gasteiger partial charge in [-0.3, -0.25) is 0 Å². The Morgan fingerprint density at radius 2 is 1.90 bits per heavy atom. The third-order valence-corrected chi connectivity index (χ3v) is 3.74. The molecule has 108 valence electrons. The van der Waals surface area contributed by atoms with Crippen LogP contribution in [-0.4, -0.2) is 16.2 Å². The summed E-state index contributed by atoms with van der Waals surface area (Å²) in [5, 5.41) is 14.0. The van der Waals surface area contributed by atoms with Gasteiger partial charge in [0.15, 0.2) is 0 Å². The van der Waals surface area contributed by atoms with Crippen LogP contribution in [0.2, 0.25) is 0 Å². The molecule has 0 aliphatic rings. The largest absolute Gasteiger partial charge is 0.475 e. The average molecular weight is 285 g/mol. The third-order valence-electron chi connectivity index (χ3n) is 3.74. The zero-order valence-electron chi connectivity index (χ0n) is 12.3. The minimum absolute atomic E-state index is 0.0102. The average Bonchev–Trinajstić information content (AvgIpc) is 2.91. The smallest absolute Gasteiger partial charge is 0.372 e. The molecule has 0 radical (unpaired) electrons. The van der Waals surface area contributed by atoms with Crippen LogP contribution >= 0.6 is 0 Å². The van der Waals surface area contributed by atoms with Crippen molar-refractivity contribution in [3.05, 3.63) is 40.5 Å². The molecule has 0 aliphatic carbocycles. The number of nitrogens with zero attached hydrogens (tertiary/aromatic N) is 1. The van der Waals surface area contributed by atoms with E-state index in [1.807, 2.05) is 32.9 Å². The number of aromatic nitrogens is 1. The molecule has 1 N–H and O–H groups in total. The van der Waals surface area contributed by atoms with Crippen molar-refractivity contribution >= 4 is 16.9 Å². The fourth-order valence-corrected chi connectivity index (χ4v) is 2.73. The van der Waals surface area contributed by atoms with Gasteiger partial charge in [-0.05, 0) is 51.0 Å². The lowest BCUT2D eigenvalue weighted by molar-refractivity contribution is 0.0664. The molecule has 21 heavy (non-hydrogen) atoms. The van der Waals surface area contributed by atoms with E-state index in [1.165, 1.54) is 0 Å². The molecule has 0 bridgehead atoms. The van der Waals surface area contributed by atoms with Crippen molar-refractivity contribution in [1.82, 2.24) is 5.16 Å². The maximum absolute atomic E-state index is 11.2. The number of rotatable bonds is 2. The van der Waals surface area contributed by atoms with Crippen molar-refractivity contribution in [3.8, 4) is 11.1 Å². The van der Waals surface area contributed by atoms with E-state index < -0.39 is 5.97 Å². The number of carbonyl (C=O) groups is 1. The second-order valence-electron chi connectivity index (χ2n) is 5.23. The van der Waals surface area contributed by atoms with Gasteiger partial charge in [0.05, 0.1) is 5.69 Å². The van der Waals surface area contributed by atoms with Gasteiger partial charge >= 0.3 is 5.97 Å². The Morgan fingerprint density at radius 1 is 1.19 bits per heavy atom. The molecule has 0 spiro atoms. The van der Waals surface area contributed by atoms with E-state index in [2.05, 4.69) is 5.16 Å². The summed E-state index contributed by atoms with van der Waals surface area (Å²) in [5.41, 5.74) is 4.84. The monoisotopic (exact) mass is 285 g/mol. The summed E-state index contributed by atoms with van der Waals surface area (Å²) >= 11 is 0. The molecule has 5 heteroatoms. The molecule has 2 aromatic heterocycles. The summed E-state index contributed by atoms with van der Waals surface area (Å²) in [6, 6.07) is 3.89. The van der Waals surface area contributed by atoms with Crippen LogP contribution in [0.1, 0.15) is 33.1 Å². The summed E-state index contributed by atoms with van der Waals surface area (Å²) in [5.74, 6) is -0.322. The molecule has 3 aromatic rings. The Bertz CT molecular complexity index is 851. The Hall–Kier alpha value is -2.56. The van der Waals surface area contributed by atoms with Crippen LogP contribution in [-0.2, 0) is 0 Å². The number of carboxylic acid groups (broad SMARTS) is 1. The van der Waals surface area contributed by atoms with E-state index >= 15 is 0 Å². The first-order chi connectivity index (χ1) is 9.90. The van der Waals surface area contributed by atoms with E-state index in [0.717, 1.165) is 33.5 Å². The second kappa shape index (κ2) is 4.48. The second-order valence-corrected chi connectivity index (χ2v) is 5.23. The van der Waals surface area contributed by atoms with Gasteiger partial charge < -0.3 is 14.0 Å². The quantitative estimate of drug-likeness (QED) is 0.769. The van der Waals surface area contributed by atoms with Crippen LogP contribution in [0.5, 0.6) is 0 Å². The van der Waals surface area contributed by atoms with E-state index in [4.69, 9.17) is 8.94 Å². The van der Waals surface area contributed by atoms with Gasteiger partial charge in [-0.2, -0.15) is 0 Å². The SMILES string of the molecule is Cc1noc(C)c1-c1cc(C)c2oc(C(=O)O)c(C)c2c1. The fourth-order valence-electron chi connectivity index (χ4n) is 2.73. The van der Waals surface area contributed by atoms with Crippen LogP contribution in [0.15, 0.2) is 21.1 Å². The third kappa shape index (κ3) is 1.93. The predicted octanol–water partition coefficient (Wildman–Crippen LogP) is 4.02. The van der Waals surface area contributed by atoms with E-state index in [0.29, 0.717) is 11.1 Å². The van der Waals surface area contributed by atoms with Gasteiger partial charge in [-0.25, -0.2) is 4.79 Å².